The second-order valence-electron chi connectivity index (χ2n) is 12.2. The predicted octanol–water partition coefficient (Wildman–Crippen LogP) is 0.697. The lowest BCUT2D eigenvalue weighted by molar-refractivity contribution is -0.182. The van der Waals surface area contributed by atoms with Crippen molar-refractivity contribution in [2.45, 2.75) is 49.0 Å². The normalized spacial score (nSPS) is 42.0. The van der Waals surface area contributed by atoms with E-state index in [-0.39, 0.29) is 42.1 Å². The van der Waals surface area contributed by atoms with Crippen molar-refractivity contribution in [3.63, 3.8) is 0 Å². The van der Waals surface area contributed by atoms with Crippen LogP contribution < -0.4 is 17.0 Å². The number of ether oxygens (including phenoxy) is 2. The molecule has 20 nitrogen and oxygen atoms in total. The Labute approximate surface area is 262 Å². The summed E-state index contributed by atoms with van der Waals surface area (Å²) in [6, 6.07) is -0.576. The number of thiol groups is 1. The van der Waals surface area contributed by atoms with Gasteiger partial charge in [0, 0.05) is 5.41 Å². The predicted molar refractivity (Wildman–Crippen MR) is 157 cm³/mol. The molecule has 2 saturated carbocycles. The molecule has 0 spiro atoms. The average molecular weight is 697 g/mol. The van der Waals surface area contributed by atoms with E-state index < -0.39 is 68.4 Å². The molecule has 0 radical (unpaired) electrons. The van der Waals surface area contributed by atoms with Gasteiger partial charge in [0.15, 0.2) is 28.9 Å². The molecule has 9 rings (SSSR count). The van der Waals surface area contributed by atoms with Crippen LogP contribution in [0.4, 0.5) is 11.8 Å². The lowest BCUT2D eigenvalue weighted by Gasteiger charge is -2.33. The van der Waals surface area contributed by atoms with Gasteiger partial charge in [0.2, 0.25) is 5.95 Å². The molecule has 4 aromatic heterocycles. The Balaban J connectivity index is 1.07. The van der Waals surface area contributed by atoms with E-state index in [1.54, 1.807) is 4.57 Å². The van der Waals surface area contributed by atoms with Crippen LogP contribution in [0.3, 0.4) is 0 Å². The Morgan fingerprint density at radius 1 is 0.978 bits per heavy atom. The maximum Gasteiger partial charge on any atom is 0.472 e. The first-order chi connectivity index (χ1) is 21.9. The van der Waals surface area contributed by atoms with Gasteiger partial charge in [-0.25, -0.2) is 29.1 Å². The van der Waals surface area contributed by atoms with Crippen molar-refractivity contribution < 1.29 is 41.6 Å². The summed E-state index contributed by atoms with van der Waals surface area (Å²) in [6.45, 7) is -4.92. The highest BCUT2D eigenvalue weighted by Crippen LogP contribution is 2.72. The zero-order valence-corrected chi connectivity index (χ0v) is 26.2. The number of hydrogen-bond acceptors (Lipinski definition) is 16. The van der Waals surface area contributed by atoms with Gasteiger partial charge >= 0.3 is 14.6 Å². The smallest absolute Gasteiger partial charge is 0.382 e. The lowest BCUT2D eigenvalue weighted by Crippen LogP contribution is -2.45. The SMILES string of the molecule is Nc1nc2c(ncn2[C@@H]2C[C@]34COP(=O)(O)O[C@H]5[C@H]6OC[C@]5(CO[P@](=O)(S)O[C@@H]2[C@@H]3C4)O[C@H]6n2cnc3c(N)ncnc32)c(=O)[nH]1. The van der Waals surface area contributed by atoms with Crippen LogP contribution in [0, 0.1) is 11.3 Å². The fourth-order valence-electron chi connectivity index (χ4n) is 7.38. The third kappa shape index (κ3) is 4.27. The van der Waals surface area contributed by atoms with Crippen molar-refractivity contribution in [3.05, 3.63) is 29.3 Å². The van der Waals surface area contributed by atoms with Crippen molar-refractivity contribution in [2.24, 2.45) is 11.3 Å². The van der Waals surface area contributed by atoms with E-state index >= 15 is 0 Å². The summed E-state index contributed by atoms with van der Waals surface area (Å²) in [7, 11) is -4.74. The van der Waals surface area contributed by atoms with Gasteiger partial charge in [0.25, 0.3) is 5.56 Å². The van der Waals surface area contributed by atoms with Crippen molar-refractivity contribution >= 4 is 61.0 Å². The summed E-state index contributed by atoms with van der Waals surface area (Å²) < 4.78 is 66.3. The van der Waals surface area contributed by atoms with Gasteiger partial charge in [-0.1, -0.05) is 12.2 Å². The van der Waals surface area contributed by atoms with Crippen LogP contribution in [0.1, 0.15) is 25.1 Å². The van der Waals surface area contributed by atoms with Crippen molar-refractivity contribution in [1.29, 1.82) is 0 Å². The molecule has 23 heteroatoms. The number of imidazole rings is 2. The molecular formula is C23H26N10O10P2S. The molecule has 7 heterocycles. The number of H-pyrrole nitrogens is 1. The van der Waals surface area contributed by atoms with Crippen LogP contribution in [-0.4, -0.2) is 87.7 Å². The van der Waals surface area contributed by atoms with Crippen molar-refractivity contribution in [2.75, 3.05) is 31.3 Å². The van der Waals surface area contributed by atoms with E-state index in [4.69, 9.17) is 39.0 Å². The number of aromatic nitrogens is 8. The maximum atomic E-state index is 13.9. The molecule has 0 amide bonds. The molecule has 3 aliphatic heterocycles. The minimum atomic E-state index is -4.74. The number of nitrogen functional groups attached to an aromatic ring is 2. The van der Waals surface area contributed by atoms with Crippen LogP contribution in [0.15, 0.2) is 23.8 Å². The van der Waals surface area contributed by atoms with Gasteiger partial charge < -0.3 is 30.4 Å². The van der Waals surface area contributed by atoms with Crippen molar-refractivity contribution in [1.82, 2.24) is 39.0 Å². The third-order valence-electron chi connectivity index (χ3n) is 9.58. The van der Waals surface area contributed by atoms with Gasteiger partial charge in [0.1, 0.15) is 29.7 Å². The van der Waals surface area contributed by atoms with E-state index in [9.17, 15) is 18.8 Å². The average Bonchev–Trinajstić information content (AvgIpc) is 3.48. The Morgan fingerprint density at radius 3 is 2.63 bits per heavy atom. The molecule has 5 aliphatic rings. The van der Waals surface area contributed by atoms with Gasteiger partial charge in [0.05, 0.1) is 44.6 Å². The van der Waals surface area contributed by atoms with Crippen LogP contribution in [0.5, 0.6) is 0 Å². The molecular weight excluding hydrogens is 670 g/mol. The number of hydrogen-bond donors (Lipinski definition) is 5. The Kier molecular flexibility index (Phi) is 6.07. The summed E-state index contributed by atoms with van der Waals surface area (Å²) in [6.07, 6.45) is 1.10. The Bertz CT molecular complexity index is 2090. The minimum absolute atomic E-state index is 0.0560. The molecule has 3 saturated heterocycles. The van der Waals surface area contributed by atoms with E-state index in [0.717, 1.165) is 0 Å². The first-order valence-electron chi connectivity index (χ1n) is 14.1. The summed E-state index contributed by atoms with van der Waals surface area (Å²) in [4.78, 5) is 46.8. The number of fused-ring (bicyclic) bond motifs is 2. The highest BCUT2D eigenvalue weighted by atomic mass is 32.7. The van der Waals surface area contributed by atoms with E-state index in [0.29, 0.717) is 24.0 Å². The largest absolute Gasteiger partial charge is 0.472 e. The van der Waals surface area contributed by atoms with Gasteiger partial charge in [-0.3, -0.25) is 32.4 Å². The molecule has 10 atom stereocenters. The number of nitrogens with two attached hydrogens (primary N) is 2. The minimum Gasteiger partial charge on any atom is -0.382 e. The molecule has 0 aromatic carbocycles. The summed E-state index contributed by atoms with van der Waals surface area (Å²) in [5, 5.41) is 0. The fraction of sp³-hybridized carbons (Fsp3) is 0.565. The van der Waals surface area contributed by atoms with E-state index in [1.165, 1.54) is 23.5 Å². The summed E-state index contributed by atoms with van der Waals surface area (Å²) >= 11 is 4.31. The number of aromatic amines is 1. The topological polar surface area (TPSA) is 269 Å². The number of nitrogens with zero attached hydrogens (tertiary/aromatic N) is 7. The molecule has 46 heavy (non-hydrogen) atoms. The molecule has 2 aliphatic carbocycles. The molecule has 1 unspecified atom stereocenters. The monoisotopic (exact) mass is 696 g/mol. The maximum absolute atomic E-state index is 13.9. The number of phosphoric ester groups is 1. The summed E-state index contributed by atoms with van der Waals surface area (Å²) in [5.74, 6) is -0.224. The Hall–Kier alpha value is -2.97. The van der Waals surface area contributed by atoms with E-state index in [1.807, 2.05) is 0 Å². The number of rotatable bonds is 2. The highest BCUT2D eigenvalue weighted by molar-refractivity contribution is 8.44. The second-order valence-corrected chi connectivity index (χ2v) is 16.5. The van der Waals surface area contributed by atoms with Gasteiger partial charge in [-0.2, -0.15) is 4.98 Å². The van der Waals surface area contributed by atoms with Gasteiger partial charge in [-0.05, 0) is 18.8 Å². The third-order valence-corrected chi connectivity index (χ3v) is 12.1. The van der Waals surface area contributed by atoms with Crippen molar-refractivity contribution in [3.8, 4) is 0 Å². The first-order valence-corrected chi connectivity index (χ1v) is 18.3. The van der Waals surface area contributed by atoms with E-state index in [2.05, 4.69) is 42.2 Å². The zero-order valence-electron chi connectivity index (χ0n) is 23.5. The Morgan fingerprint density at radius 2 is 1.78 bits per heavy atom. The first kappa shape index (κ1) is 29.2. The van der Waals surface area contributed by atoms with Gasteiger partial charge in [-0.15, -0.1) is 0 Å². The second kappa shape index (κ2) is 9.56. The zero-order chi connectivity index (χ0) is 31.8. The number of anilines is 2. The number of phosphoric acid groups is 1. The van der Waals surface area contributed by atoms with Crippen LogP contribution in [-0.2, 0) is 36.7 Å². The highest BCUT2D eigenvalue weighted by Gasteiger charge is 2.70. The standard InChI is InChI=1S/C23H26N10O10P2S/c24-16-11-17(27-6-26-16)33(8-28-11)20-14-15-23(41-20,4-38-14)5-40-45(37,46)42-13-9-1-22(9,3-39-44(35,36)43-15)2-10(13)32-7-29-12-18(32)30-21(25)31-19(12)34/h6-10,13-15,20H,1-5H2,(H,35,36)(H,37,46)(H2,24,26,27)(H3,25,30,31,34)/t9-,10+,13+,14+,15-,20+,22+,23+,45-/m0/s1. The molecule has 4 bridgehead atoms. The molecule has 244 valence electrons. The quantitative estimate of drug-likeness (QED) is 0.142. The fourth-order valence-corrected chi connectivity index (χ4v) is 10.00. The molecule has 5 fully saturated rings. The van der Waals surface area contributed by atoms with Crippen LogP contribution >= 0.6 is 26.9 Å². The summed E-state index contributed by atoms with van der Waals surface area (Å²) in [5.41, 5.74) is 9.95. The molecule has 4 aromatic rings. The number of nitrogens with one attached hydrogen (secondary N) is 1. The molecule has 6 N–H and O–H groups in total. The van der Waals surface area contributed by atoms with Crippen LogP contribution in [0.25, 0.3) is 22.3 Å². The van der Waals surface area contributed by atoms with Crippen LogP contribution in [0.2, 0.25) is 0 Å². The lowest BCUT2D eigenvalue weighted by atomic mass is 10.0.